The quantitative estimate of drug-likeness (QED) is 0.583. The van der Waals surface area contributed by atoms with E-state index in [0.717, 1.165) is 16.5 Å². The Bertz CT molecular complexity index is 841. The van der Waals surface area contributed by atoms with Crippen LogP contribution in [0.2, 0.25) is 0 Å². The maximum atomic E-state index is 5.35. The summed E-state index contributed by atoms with van der Waals surface area (Å²) in [6, 6.07) is 3.82. The smallest absolute Gasteiger partial charge is 0.237 e. The van der Waals surface area contributed by atoms with Crippen molar-refractivity contribution in [2.45, 2.75) is 43.6 Å². The highest BCUT2D eigenvalue weighted by Gasteiger charge is 2.21. The van der Waals surface area contributed by atoms with Gasteiger partial charge in [-0.2, -0.15) is 4.98 Å². The van der Waals surface area contributed by atoms with Gasteiger partial charge in [-0.15, -0.1) is 10.2 Å². The molecule has 138 valence electrons. The van der Waals surface area contributed by atoms with Crippen LogP contribution < -0.4 is 0 Å². The molecule has 9 heteroatoms. The third-order valence-electron chi connectivity index (χ3n) is 3.64. The van der Waals surface area contributed by atoms with Crippen LogP contribution in [0.4, 0.5) is 0 Å². The topological polar surface area (TPSA) is 91.8 Å². The van der Waals surface area contributed by atoms with Crippen molar-refractivity contribution in [3.63, 3.8) is 0 Å². The van der Waals surface area contributed by atoms with Gasteiger partial charge in [0.15, 0.2) is 16.8 Å². The normalized spacial score (nSPS) is 11.8. The van der Waals surface area contributed by atoms with Gasteiger partial charge in [0.05, 0.1) is 18.9 Å². The lowest BCUT2D eigenvalue weighted by Crippen LogP contribution is -2.13. The average molecular weight is 374 g/mol. The Hall–Kier alpha value is -2.26. The zero-order valence-electron chi connectivity index (χ0n) is 15.3. The first-order chi connectivity index (χ1) is 12.5. The first-order valence-electron chi connectivity index (χ1n) is 8.27. The van der Waals surface area contributed by atoms with E-state index in [2.05, 4.69) is 46.1 Å². The molecule has 3 heterocycles. The van der Waals surface area contributed by atoms with Gasteiger partial charge in [0.25, 0.3) is 0 Å². The first-order valence-corrected chi connectivity index (χ1v) is 9.26. The molecule has 0 spiro atoms. The van der Waals surface area contributed by atoms with Gasteiger partial charge in [-0.3, -0.25) is 9.55 Å². The number of nitrogens with zero attached hydrogens (tertiary/aromatic N) is 6. The molecule has 0 aliphatic heterocycles. The van der Waals surface area contributed by atoms with E-state index < -0.39 is 0 Å². The van der Waals surface area contributed by atoms with Crippen LogP contribution >= 0.6 is 11.8 Å². The lowest BCUT2D eigenvalue weighted by atomic mass is 9.96. The number of hydrogen-bond donors (Lipinski definition) is 0. The summed E-state index contributed by atoms with van der Waals surface area (Å²) < 4.78 is 12.6. The Morgan fingerprint density at radius 3 is 2.62 bits per heavy atom. The maximum absolute atomic E-state index is 5.35. The minimum absolute atomic E-state index is 0.139. The van der Waals surface area contributed by atoms with E-state index in [1.807, 2.05) is 16.7 Å². The number of ether oxygens (including phenoxy) is 1. The van der Waals surface area contributed by atoms with E-state index >= 15 is 0 Å². The Balaban J connectivity index is 1.79. The largest absolute Gasteiger partial charge is 0.383 e. The standard InChI is InChI=1S/C17H22N6O2S/c1-17(2,3)15-19-13(25-22-15)11-26-16-21-20-14(23(16)9-10-24-4)12-5-7-18-8-6-12/h5-8H,9-11H2,1-4H3. The molecule has 0 aromatic carbocycles. The molecule has 0 radical (unpaired) electrons. The minimum Gasteiger partial charge on any atom is -0.383 e. The van der Waals surface area contributed by atoms with Crippen LogP contribution in [0.15, 0.2) is 34.2 Å². The van der Waals surface area contributed by atoms with E-state index in [-0.39, 0.29) is 5.41 Å². The number of thioether (sulfide) groups is 1. The third kappa shape index (κ3) is 4.28. The van der Waals surface area contributed by atoms with E-state index in [9.17, 15) is 0 Å². The molecule has 0 atom stereocenters. The molecule has 8 nitrogen and oxygen atoms in total. The summed E-state index contributed by atoms with van der Waals surface area (Å²) in [6.07, 6.45) is 3.48. The number of aromatic nitrogens is 6. The summed E-state index contributed by atoms with van der Waals surface area (Å²) in [5, 5.41) is 13.5. The molecule has 0 saturated carbocycles. The van der Waals surface area contributed by atoms with Crippen molar-refractivity contribution in [2.24, 2.45) is 0 Å². The van der Waals surface area contributed by atoms with Crippen molar-refractivity contribution < 1.29 is 9.26 Å². The van der Waals surface area contributed by atoms with Crippen molar-refractivity contribution >= 4 is 11.8 Å². The average Bonchev–Trinajstić information content (AvgIpc) is 3.25. The van der Waals surface area contributed by atoms with Gasteiger partial charge in [-0.25, -0.2) is 0 Å². The van der Waals surface area contributed by atoms with E-state index in [1.165, 1.54) is 11.8 Å². The molecule has 3 aromatic rings. The number of rotatable bonds is 7. The lowest BCUT2D eigenvalue weighted by Gasteiger charge is -2.10. The highest BCUT2D eigenvalue weighted by Crippen LogP contribution is 2.26. The monoisotopic (exact) mass is 374 g/mol. The Morgan fingerprint density at radius 1 is 1.19 bits per heavy atom. The van der Waals surface area contributed by atoms with Gasteiger partial charge in [0.1, 0.15) is 0 Å². The molecule has 0 saturated heterocycles. The molecule has 0 unspecified atom stereocenters. The highest BCUT2D eigenvalue weighted by molar-refractivity contribution is 7.98. The minimum atomic E-state index is -0.139. The summed E-state index contributed by atoms with van der Waals surface area (Å²) in [7, 11) is 1.68. The predicted octanol–water partition coefficient (Wildman–Crippen LogP) is 2.96. The zero-order valence-corrected chi connectivity index (χ0v) is 16.2. The van der Waals surface area contributed by atoms with E-state index in [0.29, 0.717) is 30.6 Å². The van der Waals surface area contributed by atoms with E-state index in [4.69, 9.17) is 9.26 Å². The van der Waals surface area contributed by atoms with Crippen molar-refractivity contribution in [1.29, 1.82) is 0 Å². The molecular weight excluding hydrogens is 352 g/mol. The third-order valence-corrected chi connectivity index (χ3v) is 4.59. The second-order valence-corrected chi connectivity index (χ2v) is 7.68. The Kier molecular flexibility index (Phi) is 5.67. The number of hydrogen-bond acceptors (Lipinski definition) is 8. The van der Waals surface area contributed by atoms with Gasteiger partial charge >= 0.3 is 0 Å². The fourth-order valence-electron chi connectivity index (χ4n) is 2.24. The van der Waals surface area contributed by atoms with E-state index in [1.54, 1.807) is 19.5 Å². The summed E-state index contributed by atoms with van der Waals surface area (Å²) in [4.78, 5) is 8.52. The molecule has 3 rings (SSSR count). The molecule has 0 aliphatic carbocycles. The maximum Gasteiger partial charge on any atom is 0.237 e. The summed E-state index contributed by atoms with van der Waals surface area (Å²) in [5.74, 6) is 2.59. The fourth-order valence-corrected chi connectivity index (χ4v) is 3.04. The van der Waals surface area contributed by atoms with Crippen LogP contribution in [0, 0.1) is 0 Å². The van der Waals surface area contributed by atoms with Crippen LogP contribution in [-0.4, -0.2) is 43.6 Å². The van der Waals surface area contributed by atoms with Crippen molar-refractivity contribution in [3.8, 4) is 11.4 Å². The molecule has 26 heavy (non-hydrogen) atoms. The molecule has 0 amide bonds. The predicted molar refractivity (Wildman–Crippen MR) is 97.7 cm³/mol. The van der Waals surface area contributed by atoms with Crippen LogP contribution in [0.25, 0.3) is 11.4 Å². The van der Waals surface area contributed by atoms with Crippen molar-refractivity contribution in [3.05, 3.63) is 36.2 Å². The Morgan fingerprint density at radius 2 is 1.96 bits per heavy atom. The van der Waals surface area contributed by atoms with Crippen molar-refractivity contribution in [2.75, 3.05) is 13.7 Å². The molecular formula is C17H22N6O2S. The fraction of sp³-hybridized carbons (Fsp3) is 0.471. The lowest BCUT2D eigenvalue weighted by molar-refractivity contribution is 0.185. The summed E-state index contributed by atoms with van der Waals surface area (Å²) >= 11 is 1.51. The second kappa shape index (κ2) is 7.96. The molecule has 0 bridgehead atoms. The van der Waals surface area contributed by atoms with Gasteiger partial charge in [0, 0.05) is 30.5 Å². The van der Waals surface area contributed by atoms with Crippen molar-refractivity contribution in [1.82, 2.24) is 29.9 Å². The number of pyridine rings is 1. The zero-order chi connectivity index (χ0) is 18.6. The second-order valence-electron chi connectivity index (χ2n) is 6.74. The van der Waals surface area contributed by atoms with Crippen LogP contribution in [0.5, 0.6) is 0 Å². The van der Waals surface area contributed by atoms with Crippen LogP contribution in [0.3, 0.4) is 0 Å². The van der Waals surface area contributed by atoms with Gasteiger partial charge in [-0.1, -0.05) is 37.7 Å². The summed E-state index contributed by atoms with van der Waals surface area (Å²) in [6.45, 7) is 7.38. The SMILES string of the molecule is COCCn1c(SCc2nc(C(C)(C)C)no2)nnc1-c1ccncc1. The van der Waals surface area contributed by atoms with Crippen LogP contribution in [0.1, 0.15) is 32.5 Å². The molecule has 3 aromatic heterocycles. The molecule has 0 N–H and O–H groups in total. The summed E-state index contributed by atoms with van der Waals surface area (Å²) in [5.41, 5.74) is 0.822. The van der Waals surface area contributed by atoms with Gasteiger partial charge in [0.2, 0.25) is 5.89 Å². The highest BCUT2D eigenvalue weighted by atomic mass is 32.2. The van der Waals surface area contributed by atoms with Gasteiger partial charge in [-0.05, 0) is 12.1 Å². The molecule has 0 fully saturated rings. The number of methoxy groups -OCH3 is 1. The first kappa shape index (κ1) is 18.5. The molecule has 0 aliphatic rings. The van der Waals surface area contributed by atoms with Crippen LogP contribution in [-0.2, 0) is 22.4 Å². The van der Waals surface area contributed by atoms with Gasteiger partial charge < -0.3 is 9.26 Å². The Labute approximate surface area is 156 Å².